The van der Waals surface area contributed by atoms with E-state index < -0.39 is 27.6 Å². The van der Waals surface area contributed by atoms with Crippen LogP contribution in [0.1, 0.15) is 12.8 Å². The van der Waals surface area contributed by atoms with Gasteiger partial charge in [0.2, 0.25) is 15.9 Å². The van der Waals surface area contributed by atoms with Crippen LogP contribution in [0.4, 0.5) is 14.5 Å². The van der Waals surface area contributed by atoms with Gasteiger partial charge in [-0.05, 0) is 25.0 Å². The van der Waals surface area contributed by atoms with Gasteiger partial charge >= 0.3 is 0 Å². The summed E-state index contributed by atoms with van der Waals surface area (Å²) in [6.07, 6.45) is 1.27. The number of anilines is 1. The minimum atomic E-state index is -3.41. The number of nitrogens with one attached hydrogen (secondary N) is 1. The molecule has 0 radical (unpaired) electrons. The third kappa shape index (κ3) is 3.51. The average molecular weight is 304 g/mol. The molecule has 2 rings (SSSR count). The zero-order chi connectivity index (χ0) is 14.8. The van der Waals surface area contributed by atoms with Crippen molar-refractivity contribution < 1.29 is 22.0 Å². The molecule has 0 unspecified atom stereocenters. The van der Waals surface area contributed by atoms with Gasteiger partial charge in [0.15, 0.2) is 0 Å². The van der Waals surface area contributed by atoms with E-state index in [9.17, 15) is 22.0 Å². The highest BCUT2D eigenvalue weighted by molar-refractivity contribution is 7.89. The van der Waals surface area contributed by atoms with Crippen LogP contribution in [0.15, 0.2) is 18.2 Å². The van der Waals surface area contributed by atoms with Gasteiger partial charge in [-0.1, -0.05) is 0 Å². The Hall–Kier alpha value is -1.54. The van der Waals surface area contributed by atoms with E-state index in [1.54, 1.807) is 0 Å². The first-order valence-electron chi connectivity index (χ1n) is 6.11. The van der Waals surface area contributed by atoms with Crippen LogP contribution in [0.5, 0.6) is 0 Å². The minimum Gasteiger partial charge on any atom is -0.322 e. The molecule has 1 amide bonds. The fourth-order valence-corrected chi connectivity index (χ4v) is 3.51. The van der Waals surface area contributed by atoms with Crippen LogP contribution in [-0.2, 0) is 14.8 Å². The second-order valence-electron chi connectivity index (χ2n) is 4.53. The van der Waals surface area contributed by atoms with Gasteiger partial charge < -0.3 is 5.32 Å². The maximum Gasteiger partial charge on any atom is 0.239 e. The first-order chi connectivity index (χ1) is 9.38. The van der Waals surface area contributed by atoms with Crippen molar-refractivity contribution in [2.75, 3.05) is 24.2 Å². The first-order valence-corrected chi connectivity index (χ1v) is 7.72. The lowest BCUT2D eigenvalue weighted by Crippen LogP contribution is -2.42. The molecule has 1 aromatic rings. The maximum absolute atomic E-state index is 13.4. The summed E-state index contributed by atoms with van der Waals surface area (Å²) in [5.41, 5.74) is -0.175. The van der Waals surface area contributed by atoms with Crippen molar-refractivity contribution in [3.63, 3.8) is 0 Å². The lowest BCUT2D eigenvalue weighted by Gasteiger charge is -2.25. The zero-order valence-corrected chi connectivity index (χ0v) is 11.4. The number of rotatable bonds is 3. The Labute approximate surface area is 115 Å². The Bertz CT molecular complexity index is 619. The van der Waals surface area contributed by atoms with Crippen LogP contribution < -0.4 is 5.32 Å². The van der Waals surface area contributed by atoms with Crippen molar-refractivity contribution in [1.82, 2.24) is 4.31 Å². The Morgan fingerprint density at radius 1 is 1.30 bits per heavy atom. The largest absolute Gasteiger partial charge is 0.322 e. The number of hydrogen-bond acceptors (Lipinski definition) is 3. The Morgan fingerprint density at radius 3 is 2.70 bits per heavy atom. The molecule has 20 heavy (non-hydrogen) atoms. The molecule has 1 fully saturated rings. The Kier molecular flexibility index (Phi) is 4.34. The third-order valence-corrected chi connectivity index (χ3v) is 4.88. The molecule has 0 aliphatic carbocycles. The third-order valence-electron chi connectivity index (χ3n) is 2.98. The SMILES string of the molecule is O=C(CN1CCCCS1(=O)=O)Nc1ccc(F)cc1F. The van der Waals surface area contributed by atoms with Crippen LogP contribution in [-0.4, -0.2) is 37.5 Å². The molecular weight excluding hydrogens is 290 g/mol. The molecule has 1 aromatic carbocycles. The van der Waals surface area contributed by atoms with E-state index in [1.165, 1.54) is 0 Å². The number of hydrogen-bond donors (Lipinski definition) is 1. The molecule has 0 spiro atoms. The average Bonchev–Trinajstić information content (AvgIpc) is 2.35. The van der Waals surface area contributed by atoms with Crippen molar-refractivity contribution in [3.05, 3.63) is 29.8 Å². The van der Waals surface area contributed by atoms with Crippen LogP contribution in [0.25, 0.3) is 0 Å². The predicted molar refractivity (Wildman–Crippen MR) is 69.6 cm³/mol. The summed E-state index contributed by atoms with van der Waals surface area (Å²) in [6, 6.07) is 2.75. The van der Waals surface area contributed by atoms with E-state index in [1.807, 2.05) is 0 Å². The number of benzene rings is 1. The Balaban J connectivity index is 2.02. The number of halogens is 2. The molecule has 5 nitrogen and oxygen atoms in total. The molecule has 1 aliphatic rings. The van der Waals surface area contributed by atoms with Crippen molar-refractivity contribution in [2.24, 2.45) is 0 Å². The number of sulfonamides is 1. The molecule has 0 atom stereocenters. The fraction of sp³-hybridized carbons (Fsp3) is 0.417. The molecular formula is C12H14F2N2O3S. The molecule has 1 saturated heterocycles. The van der Waals surface area contributed by atoms with E-state index in [4.69, 9.17) is 0 Å². The molecule has 0 bridgehead atoms. The summed E-state index contributed by atoms with van der Waals surface area (Å²) in [7, 11) is -3.41. The van der Waals surface area contributed by atoms with Gasteiger partial charge in [0.1, 0.15) is 11.6 Å². The summed E-state index contributed by atoms with van der Waals surface area (Å²) in [5, 5.41) is 2.24. The highest BCUT2D eigenvalue weighted by Gasteiger charge is 2.27. The van der Waals surface area contributed by atoms with Gasteiger partial charge in [-0.3, -0.25) is 4.79 Å². The number of amides is 1. The molecule has 8 heteroatoms. The lowest BCUT2D eigenvalue weighted by atomic mass is 10.3. The molecule has 1 heterocycles. The van der Waals surface area contributed by atoms with Gasteiger partial charge in [0.25, 0.3) is 0 Å². The Morgan fingerprint density at radius 2 is 2.05 bits per heavy atom. The molecule has 0 aromatic heterocycles. The van der Waals surface area contributed by atoms with Gasteiger partial charge in [-0.2, -0.15) is 4.31 Å². The monoisotopic (exact) mass is 304 g/mol. The van der Waals surface area contributed by atoms with Crippen molar-refractivity contribution in [2.45, 2.75) is 12.8 Å². The summed E-state index contributed by atoms with van der Waals surface area (Å²) in [5.74, 6) is -2.29. The summed E-state index contributed by atoms with van der Waals surface area (Å²) >= 11 is 0. The van der Waals surface area contributed by atoms with Gasteiger partial charge in [0, 0.05) is 12.6 Å². The highest BCUT2D eigenvalue weighted by atomic mass is 32.2. The molecule has 0 saturated carbocycles. The van der Waals surface area contributed by atoms with Crippen molar-refractivity contribution in [3.8, 4) is 0 Å². The second-order valence-corrected chi connectivity index (χ2v) is 6.62. The molecule has 110 valence electrons. The smallest absolute Gasteiger partial charge is 0.239 e. The summed E-state index contributed by atoms with van der Waals surface area (Å²) in [4.78, 5) is 11.7. The van der Waals surface area contributed by atoms with Gasteiger partial charge in [0.05, 0.1) is 18.0 Å². The van der Waals surface area contributed by atoms with Crippen LogP contribution in [0.2, 0.25) is 0 Å². The summed E-state index contributed by atoms with van der Waals surface area (Å²) < 4.78 is 50.6. The van der Waals surface area contributed by atoms with E-state index in [-0.39, 0.29) is 24.5 Å². The molecule has 1 N–H and O–H groups in total. The summed E-state index contributed by atoms with van der Waals surface area (Å²) in [6.45, 7) is -0.0825. The van der Waals surface area contributed by atoms with E-state index >= 15 is 0 Å². The van der Waals surface area contributed by atoms with E-state index in [2.05, 4.69) is 5.32 Å². The van der Waals surface area contributed by atoms with Crippen molar-refractivity contribution in [1.29, 1.82) is 0 Å². The zero-order valence-electron chi connectivity index (χ0n) is 10.6. The van der Waals surface area contributed by atoms with Gasteiger partial charge in [-0.25, -0.2) is 17.2 Å². The normalized spacial score (nSPS) is 18.7. The van der Waals surface area contributed by atoms with Crippen LogP contribution in [0.3, 0.4) is 0 Å². The van der Waals surface area contributed by atoms with Gasteiger partial charge in [-0.15, -0.1) is 0 Å². The lowest BCUT2D eigenvalue weighted by molar-refractivity contribution is -0.116. The predicted octanol–water partition coefficient (Wildman–Crippen LogP) is 1.33. The number of nitrogens with zero attached hydrogens (tertiary/aromatic N) is 1. The first kappa shape index (κ1) is 14.9. The van der Waals surface area contributed by atoms with Crippen molar-refractivity contribution >= 4 is 21.6 Å². The standard InChI is InChI=1S/C12H14F2N2O3S/c13-9-3-4-11(10(14)7-9)15-12(17)8-16-5-1-2-6-20(16,18)19/h3-4,7H,1-2,5-6,8H2,(H,15,17). The van der Waals surface area contributed by atoms with Crippen LogP contribution in [0, 0.1) is 11.6 Å². The fourth-order valence-electron chi connectivity index (χ4n) is 1.96. The second kappa shape index (κ2) is 5.84. The quantitative estimate of drug-likeness (QED) is 0.916. The number of carbonyl (C=O) groups is 1. The highest BCUT2D eigenvalue weighted by Crippen LogP contribution is 2.16. The van der Waals surface area contributed by atoms with E-state index in [0.717, 1.165) is 16.4 Å². The number of carbonyl (C=O) groups excluding carboxylic acids is 1. The molecule has 1 aliphatic heterocycles. The van der Waals surface area contributed by atoms with E-state index in [0.29, 0.717) is 18.9 Å². The maximum atomic E-state index is 13.4. The minimum absolute atomic E-state index is 0.0190. The van der Waals surface area contributed by atoms with Crippen LogP contribution >= 0.6 is 0 Å². The topological polar surface area (TPSA) is 66.5 Å².